The van der Waals surface area contributed by atoms with Gasteiger partial charge in [-0.05, 0) is 123 Å². The monoisotopic (exact) mass is 370 g/mol. The fraction of sp³-hybridized carbons (Fsp3) is 0.926. The lowest BCUT2D eigenvalue weighted by atomic mass is 9.50. The number of hydrogen-bond acceptors (Lipinski definition) is 0. The van der Waals surface area contributed by atoms with Crippen molar-refractivity contribution in [2.75, 3.05) is 0 Å². The summed E-state index contributed by atoms with van der Waals surface area (Å²) in [6.07, 6.45) is 19.3. The van der Waals surface area contributed by atoms with Gasteiger partial charge in [0.2, 0.25) is 0 Å². The Labute approximate surface area is 170 Å². The second kappa shape index (κ2) is 7.53. The first-order chi connectivity index (χ1) is 12.8. The van der Waals surface area contributed by atoms with Crippen molar-refractivity contribution in [2.45, 2.75) is 111 Å². The average Bonchev–Trinajstić information content (AvgIpc) is 2.79. The van der Waals surface area contributed by atoms with Crippen LogP contribution in [0.3, 0.4) is 0 Å². The SMILES string of the molecule is C=C1CCCC2C(CCC3C2CCC2(C)C(CCCC(C)(C)C)CCC32)C1. The molecule has 7 unspecified atom stereocenters. The van der Waals surface area contributed by atoms with E-state index in [1.807, 2.05) is 0 Å². The molecule has 0 spiro atoms. The zero-order valence-electron chi connectivity index (χ0n) is 18.9. The fourth-order valence-electron chi connectivity index (χ4n) is 8.46. The third kappa shape index (κ3) is 3.93. The molecule has 4 aliphatic carbocycles. The van der Waals surface area contributed by atoms with E-state index in [-0.39, 0.29) is 0 Å². The Hall–Kier alpha value is -0.260. The van der Waals surface area contributed by atoms with Gasteiger partial charge in [0.1, 0.15) is 0 Å². The van der Waals surface area contributed by atoms with Gasteiger partial charge in [0.25, 0.3) is 0 Å². The van der Waals surface area contributed by atoms with Crippen molar-refractivity contribution in [1.82, 2.24) is 0 Å². The van der Waals surface area contributed by atoms with Gasteiger partial charge < -0.3 is 0 Å². The smallest absolute Gasteiger partial charge is 0.0266 e. The molecule has 27 heavy (non-hydrogen) atoms. The van der Waals surface area contributed by atoms with Crippen LogP contribution in [0.5, 0.6) is 0 Å². The quantitative estimate of drug-likeness (QED) is 0.437. The van der Waals surface area contributed by atoms with E-state index in [2.05, 4.69) is 34.3 Å². The van der Waals surface area contributed by atoms with Gasteiger partial charge in [-0.2, -0.15) is 0 Å². The van der Waals surface area contributed by atoms with Crippen molar-refractivity contribution in [1.29, 1.82) is 0 Å². The van der Waals surface area contributed by atoms with E-state index >= 15 is 0 Å². The van der Waals surface area contributed by atoms with Crippen molar-refractivity contribution >= 4 is 0 Å². The van der Waals surface area contributed by atoms with Crippen LogP contribution in [-0.4, -0.2) is 0 Å². The molecule has 0 nitrogen and oxygen atoms in total. The van der Waals surface area contributed by atoms with Crippen molar-refractivity contribution < 1.29 is 0 Å². The molecule has 4 aliphatic rings. The maximum absolute atomic E-state index is 4.39. The maximum atomic E-state index is 4.39. The van der Waals surface area contributed by atoms with E-state index < -0.39 is 0 Å². The second-order valence-electron chi connectivity index (χ2n) is 12.6. The number of hydrogen-bond donors (Lipinski definition) is 0. The average molecular weight is 371 g/mol. The topological polar surface area (TPSA) is 0 Å². The predicted octanol–water partition coefficient (Wildman–Crippen LogP) is 8.42. The van der Waals surface area contributed by atoms with Gasteiger partial charge in [-0.25, -0.2) is 0 Å². The lowest BCUT2D eigenvalue weighted by Crippen LogP contribution is -2.47. The Balaban J connectivity index is 1.43. The summed E-state index contributed by atoms with van der Waals surface area (Å²) in [6.45, 7) is 14.4. The summed E-state index contributed by atoms with van der Waals surface area (Å²) < 4.78 is 0. The van der Waals surface area contributed by atoms with Gasteiger partial charge in [-0.3, -0.25) is 0 Å². The zero-order chi connectivity index (χ0) is 19.2. The van der Waals surface area contributed by atoms with Crippen LogP contribution in [0.2, 0.25) is 0 Å². The molecule has 154 valence electrons. The summed E-state index contributed by atoms with van der Waals surface area (Å²) in [7, 11) is 0. The van der Waals surface area contributed by atoms with E-state index in [9.17, 15) is 0 Å². The van der Waals surface area contributed by atoms with Crippen molar-refractivity contribution in [3.05, 3.63) is 12.2 Å². The molecule has 0 heterocycles. The van der Waals surface area contributed by atoms with Crippen molar-refractivity contribution in [2.24, 2.45) is 46.3 Å². The van der Waals surface area contributed by atoms with Crippen LogP contribution in [0.15, 0.2) is 12.2 Å². The van der Waals surface area contributed by atoms with Gasteiger partial charge in [0.05, 0.1) is 0 Å². The molecule has 0 amide bonds. The Morgan fingerprint density at radius 1 is 0.963 bits per heavy atom. The Morgan fingerprint density at radius 2 is 1.78 bits per heavy atom. The van der Waals surface area contributed by atoms with Gasteiger partial charge >= 0.3 is 0 Å². The van der Waals surface area contributed by atoms with Gasteiger partial charge in [-0.15, -0.1) is 0 Å². The first kappa shape index (κ1) is 20.0. The van der Waals surface area contributed by atoms with Gasteiger partial charge in [0.15, 0.2) is 0 Å². The van der Waals surface area contributed by atoms with Gasteiger partial charge in [-0.1, -0.05) is 46.3 Å². The maximum Gasteiger partial charge on any atom is -0.0266 e. The molecule has 0 radical (unpaired) electrons. The standard InChI is InChI=1S/C27H46/c1-19-8-6-10-22-20(18-19)11-13-24-23(22)15-17-27(5)21(12-14-25(24)27)9-7-16-26(2,3)4/h20-25H,1,6-18H2,2-5H3. The summed E-state index contributed by atoms with van der Waals surface area (Å²) in [5, 5.41) is 0. The predicted molar refractivity (Wildman–Crippen MR) is 118 cm³/mol. The molecule has 0 heteroatoms. The number of rotatable bonds is 3. The highest BCUT2D eigenvalue weighted by molar-refractivity contribution is 5.08. The Morgan fingerprint density at radius 3 is 2.56 bits per heavy atom. The summed E-state index contributed by atoms with van der Waals surface area (Å²) in [5.74, 6) is 6.27. The number of fused-ring (bicyclic) bond motifs is 5. The zero-order valence-corrected chi connectivity index (χ0v) is 18.9. The highest BCUT2D eigenvalue weighted by Gasteiger charge is 2.56. The van der Waals surface area contributed by atoms with E-state index in [0.717, 1.165) is 35.5 Å². The van der Waals surface area contributed by atoms with Crippen LogP contribution < -0.4 is 0 Å². The minimum absolute atomic E-state index is 0.512. The molecule has 0 aliphatic heterocycles. The molecule has 0 aromatic heterocycles. The fourth-order valence-corrected chi connectivity index (χ4v) is 8.46. The first-order valence-corrected chi connectivity index (χ1v) is 12.4. The van der Waals surface area contributed by atoms with Crippen LogP contribution in [0, 0.1) is 46.3 Å². The van der Waals surface area contributed by atoms with Crippen LogP contribution in [0.1, 0.15) is 111 Å². The van der Waals surface area contributed by atoms with Crippen LogP contribution in [0.4, 0.5) is 0 Å². The third-order valence-corrected chi connectivity index (χ3v) is 9.81. The highest BCUT2D eigenvalue weighted by atomic mass is 14.6. The second-order valence-corrected chi connectivity index (χ2v) is 12.6. The number of allylic oxidation sites excluding steroid dienone is 1. The van der Waals surface area contributed by atoms with E-state index in [1.165, 1.54) is 51.4 Å². The molecule has 4 rings (SSSR count). The molecule has 0 N–H and O–H groups in total. The molecular weight excluding hydrogens is 324 g/mol. The van der Waals surface area contributed by atoms with Gasteiger partial charge in [0, 0.05) is 0 Å². The molecule has 0 aromatic rings. The van der Waals surface area contributed by atoms with Crippen molar-refractivity contribution in [3.8, 4) is 0 Å². The molecule has 4 fully saturated rings. The minimum Gasteiger partial charge on any atom is -0.0999 e. The van der Waals surface area contributed by atoms with E-state index in [4.69, 9.17) is 0 Å². The van der Waals surface area contributed by atoms with Crippen molar-refractivity contribution in [3.63, 3.8) is 0 Å². The molecular formula is C27H46. The summed E-state index contributed by atoms with van der Waals surface area (Å²) in [5.41, 5.74) is 2.76. The van der Waals surface area contributed by atoms with Crippen LogP contribution in [0.25, 0.3) is 0 Å². The highest BCUT2D eigenvalue weighted by Crippen LogP contribution is 2.64. The first-order valence-electron chi connectivity index (χ1n) is 12.4. The normalized spacial score (nSPS) is 45.0. The largest absolute Gasteiger partial charge is 0.0999 e. The molecule has 0 saturated heterocycles. The van der Waals surface area contributed by atoms with E-state index in [1.54, 1.807) is 37.7 Å². The van der Waals surface area contributed by atoms with Crippen LogP contribution >= 0.6 is 0 Å². The lowest BCUT2D eigenvalue weighted by Gasteiger charge is -2.55. The molecule has 7 atom stereocenters. The Bertz CT molecular complexity index is 537. The van der Waals surface area contributed by atoms with E-state index in [0.29, 0.717) is 10.8 Å². The third-order valence-electron chi connectivity index (χ3n) is 9.81. The lowest BCUT2D eigenvalue weighted by molar-refractivity contribution is -0.0539. The minimum atomic E-state index is 0.512. The summed E-state index contributed by atoms with van der Waals surface area (Å²) in [6, 6.07) is 0. The summed E-state index contributed by atoms with van der Waals surface area (Å²) in [4.78, 5) is 0. The molecule has 4 saturated carbocycles. The molecule has 0 bridgehead atoms. The molecule has 0 aromatic carbocycles. The summed E-state index contributed by atoms with van der Waals surface area (Å²) >= 11 is 0. The van der Waals surface area contributed by atoms with Crippen LogP contribution in [-0.2, 0) is 0 Å². The Kier molecular flexibility index (Phi) is 5.59.